The molecule has 0 radical (unpaired) electrons. The van der Waals surface area contributed by atoms with Crippen molar-refractivity contribution in [3.8, 4) is 0 Å². The van der Waals surface area contributed by atoms with Gasteiger partial charge in [-0.25, -0.2) is 0 Å². The molecule has 0 aliphatic heterocycles. The molecule has 0 saturated heterocycles. The van der Waals surface area contributed by atoms with Crippen LogP contribution in [0.2, 0.25) is 0 Å². The molecule has 2 rings (SSSR count). The molecular weight excluding hydrogens is 380 g/mol. The molecule has 0 unspecified atom stereocenters. The number of ether oxygens (including phenoxy) is 1. The van der Waals surface area contributed by atoms with Crippen LogP contribution >= 0.6 is 0 Å². The Morgan fingerprint density at radius 2 is 0.968 bits per heavy atom. The molecule has 0 amide bonds. The van der Waals surface area contributed by atoms with Crippen molar-refractivity contribution in [1.82, 2.24) is 9.80 Å². The predicted molar refractivity (Wildman–Crippen MR) is 133 cm³/mol. The lowest BCUT2D eigenvalue weighted by Crippen LogP contribution is -2.31. The van der Waals surface area contributed by atoms with Crippen molar-refractivity contribution in [2.24, 2.45) is 10.8 Å². The van der Waals surface area contributed by atoms with Gasteiger partial charge in [-0.1, -0.05) is 88.4 Å². The molecule has 0 spiro atoms. The molecule has 0 aromatic heterocycles. The van der Waals surface area contributed by atoms with Gasteiger partial charge in [0.05, 0.1) is 13.2 Å². The van der Waals surface area contributed by atoms with Gasteiger partial charge in [0.2, 0.25) is 0 Å². The van der Waals surface area contributed by atoms with Crippen molar-refractivity contribution in [2.45, 2.75) is 53.6 Å². The normalized spacial score (nSPS) is 12.6. The minimum atomic E-state index is 0.186. The summed E-state index contributed by atoms with van der Waals surface area (Å²) >= 11 is 0. The summed E-state index contributed by atoms with van der Waals surface area (Å²) in [4.78, 5) is 4.81. The molecule has 0 saturated carbocycles. The third kappa shape index (κ3) is 11.0. The highest BCUT2D eigenvalue weighted by molar-refractivity contribution is 5.15. The fourth-order valence-corrected chi connectivity index (χ4v) is 3.68. The van der Waals surface area contributed by atoms with E-state index in [0.717, 1.165) is 52.2 Å². The quantitative estimate of drug-likeness (QED) is 0.364. The molecule has 0 aliphatic rings. The average Bonchev–Trinajstić information content (AvgIpc) is 2.72. The van der Waals surface area contributed by atoms with Gasteiger partial charge < -0.3 is 14.5 Å². The Morgan fingerprint density at radius 3 is 1.32 bits per heavy atom. The Morgan fingerprint density at radius 1 is 0.613 bits per heavy atom. The van der Waals surface area contributed by atoms with Crippen LogP contribution in [0.5, 0.6) is 0 Å². The first-order valence-corrected chi connectivity index (χ1v) is 11.7. The van der Waals surface area contributed by atoms with E-state index in [1.54, 1.807) is 0 Å². The summed E-state index contributed by atoms with van der Waals surface area (Å²) in [6.07, 6.45) is 2.27. The van der Waals surface area contributed by atoms with Crippen molar-refractivity contribution in [1.29, 1.82) is 0 Å². The highest BCUT2D eigenvalue weighted by Crippen LogP contribution is 2.25. The third-order valence-electron chi connectivity index (χ3n) is 5.92. The van der Waals surface area contributed by atoms with Gasteiger partial charge >= 0.3 is 0 Å². The number of hydrogen-bond donors (Lipinski definition) is 0. The Hall–Kier alpha value is -1.68. The standard InChI is InChI=1S/C28H44N2O/c1-27(2,17-19-29(5)21-25-13-9-7-10-14-25)23-31-24-28(3,4)18-20-30(6)22-26-15-11-8-12-16-26/h7-16H,17-24H2,1-6H3. The molecule has 0 N–H and O–H groups in total. The maximum Gasteiger partial charge on any atom is 0.0517 e. The Labute approximate surface area is 191 Å². The van der Waals surface area contributed by atoms with Gasteiger partial charge in [-0.15, -0.1) is 0 Å². The first kappa shape index (κ1) is 25.6. The largest absolute Gasteiger partial charge is 0.380 e. The van der Waals surface area contributed by atoms with E-state index in [-0.39, 0.29) is 10.8 Å². The van der Waals surface area contributed by atoms with Crippen molar-refractivity contribution in [3.05, 3.63) is 71.8 Å². The molecule has 0 atom stereocenters. The second-order valence-electron chi connectivity index (χ2n) is 10.8. The van der Waals surface area contributed by atoms with Crippen LogP contribution in [0.3, 0.4) is 0 Å². The number of nitrogens with zero attached hydrogens (tertiary/aromatic N) is 2. The van der Waals surface area contributed by atoms with Crippen LogP contribution in [-0.2, 0) is 17.8 Å². The van der Waals surface area contributed by atoms with Crippen LogP contribution in [0.4, 0.5) is 0 Å². The molecule has 2 aromatic rings. The zero-order chi connectivity index (χ0) is 22.7. The summed E-state index contributed by atoms with van der Waals surface area (Å²) in [5.41, 5.74) is 3.12. The van der Waals surface area contributed by atoms with Crippen LogP contribution < -0.4 is 0 Å². The van der Waals surface area contributed by atoms with E-state index in [1.165, 1.54) is 11.1 Å². The van der Waals surface area contributed by atoms with Gasteiger partial charge in [0.1, 0.15) is 0 Å². The topological polar surface area (TPSA) is 15.7 Å². The fraction of sp³-hybridized carbons (Fsp3) is 0.571. The second kappa shape index (κ2) is 12.4. The minimum Gasteiger partial charge on any atom is -0.380 e. The van der Waals surface area contributed by atoms with Crippen LogP contribution in [-0.4, -0.2) is 50.2 Å². The molecule has 3 nitrogen and oxygen atoms in total. The lowest BCUT2D eigenvalue weighted by Gasteiger charge is -2.31. The van der Waals surface area contributed by atoms with Crippen LogP contribution in [0.15, 0.2) is 60.7 Å². The van der Waals surface area contributed by atoms with Crippen molar-refractivity contribution in [2.75, 3.05) is 40.4 Å². The summed E-state index contributed by atoms with van der Waals surface area (Å²) in [5.74, 6) is 0. The summed E-state index contributed by atoms with van der Waals surface area (Å²) in [7, 11) is 4.41. The van der Waals surface area contributed by atoms with E-state index in [9.17, 15) is 0 Å². The smallest absolute Gasteiger partial charge is 0.0517 e. The van der Waals surface area contributed by atoms with Gasteiger partial charge in [-0.2, -0.15) is 0 Å². The molecule has 3 heteroatoms. The molecule has 31 heavy (non-hydrogen) atoms. The molecule has 172 valence electrons. The van der Waals surface area contributed by atoms with Gasteiger partial charge in [-0.3, -0.25) is 0 Å². The Balaban J connectivity index is 1.64. The molecule has 0 aliphatic carbocycles. The highest BCUT2D eigenvalue weighted by Gasteiger charge is 2.23. The van der Waals surface area contributed by atoms with Crippen molar-refractivity contribution >= 4 is 0 Å². The maximum atomic E-state index is 6.23. The average molecular weight is 425 g/mol. The van der Waals surface area contributed by atoms with E-state index in [1.807, 2.05) is 0 Å². The van der Waals surface area contributed by atoms with E-state index < -0.39 is 0 Å². The molecule has 0 fully saturated rings. The summed E-state index contributed by atoms with van der Waals surface area (Å²) in [6.45, 7) is 15.1. The fourth-order valence-electron chi connectivity index (χ4n) is 3.68. The van der Waals surface area contributed by atoms with Gasteiger partial charge in [0, 0.05) is 13.1 Å². The molecule has 0 heterocycles. The Kier molecular flexibility index (Phi) is 10.2. The SMILES string of the molecule is CN(CCC(C)(C)COCC(C)(C)CCN(C)Cc1ccccc1)Cc1ccccc1. The van der Waals surface area contributed by atoms with Gasteiger partial charge in [0.25, 0.3) is 0 Å². The van der Waals surface area contributed by atoms with E-state index in [4.69, 9.17) is 4.74 Å². The lowest BCUT2D eigenvalue weighted by atomic mass is 9.88. The van der Waals surface area contributed by atoms with E-state index in [0.29, 0.717) is 0 Å². The molecular formula is C28H44N2O. The van der Waals surface area contributed by atoms with Crippen LogP contribution in [0.25, 0.3) is 0 Å². The number of rotatable bonds is 14. The third-order valence-corrected chi connectivity index (χ3v) is 5.92. The zero-order valence-electron chi connectivity index (χ0n) is 20.7. The lowest BCUT2D eigenvalue weighted by molar-refractivity contribution is 0.00458. The number of benzene rings is 2. The molecule has 0 bridgehead atoms. The van der Waals surface area contributed by atoms with Gasteiger partial charge in [0.15, 0.2) is 0 Å². The van der Waals surface area contributed by atoms with E-state index >= 15 is 0 Å². The summed E-state index contributed by atoms with van der Waals surface area (Å²) in [5, 5.41) is 0. The first-order valence-electron chi connectivity index (χ1n) is 11.7. The summed E-state index contributed by atoms with van der Waals surface area (Å²) in [6, 6.07) is 21.4. The first-order chi connectivity index (χ1) is 14.7. The number of hydrogen-bond acceptors (Lipinski definition) is 3. The van der Waals surface area contributed by atoms with Crippen LogP contribution in [0.1, 0.15) is 51.7 Å². The predicted octanol–water partition coefficient (Wildman–Crippen LogP) is 6.10. The minimum absolute atomic E-state index is 0.186. The second-order valence-corrected chi connectivity index (χ2v) is 10.8. The Bertz CT molecular complexity index is 664. The van der Waals surface area contributed by atoms with E-state index in [2.05, 4.69) is 112 Å². The monoisotopic (exact) mass is 424 g/mol. The van der Waals surface area contributed by atoms with Gasteiger partial charge in [-0.05, 0) is 62.0 Å². The maximum absolute atomic E-state index is 6.23. The summed E-state index contributed by atoms with van der Waals surface area (Å²) < 4.78 is 6.23. The zero-order valence-corrected chi connectivity index (χ0v) is 20.7. The van der Waals surface area contributed by atoms with Crippen molar-refractivity contribution < 1.29 is 4.74 Å². The van der Waals surface area contributed by atoms with Crippen molar-refractivity contribution in [3.63, 3.8) is 0 Å². The highest BCUT2D eigenvalue weighted by atomic mass is 16.5. The molecule has 2 aromatic carbocycles. The van der Waals surface area contributed by atoms with Crippen LogP contribution in [0, 0.1) is 10.8 Å².